The van der Waals surface area contributed by atoms with Crippen molar-refractivity contribution in [3.63, 3.8) is 0 Å². The summed E-state index contributed by atoms with van der Waals surface area (Å²) in [4.78, 5) is 39.5. The van der Waals surface area contributed by atoms with Crippen LogP contribution in [0, 0.1) is 5.92 Å². The van der Waals surface area contributed by atoms with E-state index in [-0.39, 0.29) is 45.8 Å². The third kappa shape index (κ3) is 6.62. The molecule has 8 heteroatoms. The number of hydrogen-bond acceptors (Lipinski definition) is 5. The minimum absolute atomic E-state index is 0. The molecule has 1 fully saturated rings. The summed E-state index contributed by atoms with van der Waals surface area (Å²) in [6.07, 6.45) is 0.420. The van der Waals surface area contributed by atoms with E-state index in [1.165, 1.54) is 4.90 Å². The number of hydrogen-bond donors (Lipinski definition) is 1. The van der Waals surface area contributed by atoms with Crippen LogP contribution in [0.2, 0.25) is 0 Å². The van der Waals surface area contributed by atoms with Gasteiger partial charge in [-0.15, -0.1) is 11.8 Å². The standard InChI is InChI=1S/C22H23NO4S2.Na.H/c1-15(14-28-22(27)16-8-4-2-5-9-16)20(24)23-13-18(12-19(23)21(25)26)29-17-10-6-3-7-11-17;;/h2-11,15,18-19H,12-14H2,1H3,(H,25,26);;/t15-,18+,19+;;/m1../s1. The Labute approximate surface area is 207 Å². The van der Waals surface area contributed by atoms with Crippen LogP contribution in [-0.4, -0.2) is 80.1 Å². The van der Waals surface area contributed by atoms with Crippen molar-refractivity contribution in [1.29, 1.82) is 0 Å². The van der Waals surface area contributed by atoms with E-state index in [4.69, 9.17) is 0 Å². The normalized spacial score (nSPS) is 19.0. The summed E-state index contributed by atoms with van der Waals surface area (Å²) in [5, 5.41) is 9.55. The Morgan fingerprint density at radius 2 is 1.67 bits per heavy atom. The number of carboxylic acid groups (broad SMARTS) is 1. The molecule has 2 aromatic rings. The van der Waals surface area contributed by atoms with E-state index in [2.05, 4.69) is 0 Å². The molecular formula is C22H24NNaO4S2. The number of carboxylic acids is 1. The molecule has 1 saturated heterocycles. The van der Waals surface area contributed by atoms with Crippen LogP contribution in [0.3, 0.4) is 0 Å². The van der Waals surface area contributed by atoms with Crippen molar-refractivity contribution in [2.24, 2.45) is 5.92 Å². The molecule has 0 unspecified atom stereocenters. The average Bonchev–Trinajstić information content (AvgIpc) is 3.16. The Kier molecular flexibility index (Phi) is 9.97. The first kappa shape index (κ1) is 25.0. The molecule has 0 aromatic heterocycles. The van der Waals surface area contributed by atoms with Crippen molar-refractivity contribution in [2.75, 3.05) is 12.3 Å². The Morgan fingerprint density at radius 1 is 1.07 bits per heavy atom. The number of thioether (sulfide) groups is 2. The fourth-order valence-corrected chi connectivity index (χ4v) is 5.32. The Balaban J connectivity index is 0.00000320. The van der Waals surface area contributed by atoms with Crippen LogP contribution in [0.4, 0.5) is 0 Å². The fraction of sp³-hybridized carbons (Fsp3) is 0.318. The van der Waals surface area contributed by atoms with Crippen molar-refractivity contribution in [3.8, 4) is 0 Å². The number of likely N-dealkylation sites (tertiary alicyclic amines) is 1. The second-order valence-electron chi connectivity index (χ2n) is 7.00. The minimum atomic E-state index is -0.977. The van der Waals surface area contributed by atoms with Crippen molar-refractivity contribution >= 4 is 70.1 Å². The summed E-state index contributed by atoms with van der Waals surface area (Å²) in [5.41, 5.74) is 0.598. The van der Waals surface area contributed by atoms with E-state index in [0.717, 1.165) is 16.7 Å². The number of carbonyl (C=O) groups excluding carboxylic acids is 2. The van der Waals surface area contributed by atoms with E-state index < -0.39 is 17.9 Å². The van der Waals surface area contributed by atoms with E-state index in [0.29, 0.717) is 24.3 Å². The van der Waals surface area contributed by atoms with E-state index in [1.807, 2.05) is 36.4 Å². The first-order valence-electron chi connectivity index (χ1n) is 9.43. The zero-order valence-electron chi connectivity index (χ0n) is 16.1. The number of aliphatic carboxylic acids is 1. The molecule has 0 bridgehead atoms. The van der Waals surface area contributed by atoms with Gasteiger partial charge in [0, 0.05) is 33.9 Å². The van der Waals surface area contributed by atoms with Gasteiger partial charge in [0.05, 0.1) is 0 Å². The van der Waals surface area contributed by atoms with E-state index >= 15 is 0 Å². The third-order valence-electron chi connectivity index (χ3n) is 4.77. The topological polar surface area (TPSA) is 74.7 Å². The monoisotopic (exact) mass is 453 g/mol. The molecule has 1 aliphatic heterocycles. The quantitative estimate of drug-likeness (QED) is 0.648. The van der Waals surface area contributed by atoms with Gasteiger partial charge in [0.25, 0.3) is 0 Å². The summed E-state index contributed by atoms with van der Waals surface area (Å²) >= 11 is 2.70. The van der Waals surface area contributed by atoms with Gasteiger partial charge in [-0.3, -0.25) is 9.59 Å². The Hall–Kier alpha value is -1.25. The van der Waals surface area contributed by atoms with Crippen LogP contribution < -0.4 is 0 Å². The molecule has 154 valence electrons. The first-order chi connectivity index (χ1) is 14.0. The van der Waals surface area contributed by atoms with E-state index in [9.17, 15) is 19.5 Å². The van der Waals surface area contributed by atoms with E-state index in [1.54, 1.807) is 43.0 Å². The Bertz CT molecular complexity index is 866. The van der Waals surface area contributed by atoms with Crippen LogP contribution >= 0.6 is 23.5 Å². The van der Waals surface area contributed by atoms with Gasteiger partial charge in [-0.2, -0.15) is 0 Å². The Morgan fingerprint density at radius 3 is 2.27 bits per heavy atom. The summed E-state index contributed by atoms with van der Waals surface area (Å²) in [7, 11) is 0. The van der Waals surface area contributed by atoms with Gasteiger partial charge >= 0.3 is 35.5 Å². The maximum atomic E-state index is 12.9. The van der Waals surface area contributed by atoms with Gasteiger partial charge in [0.1, 0.15) is 6.04 Å². The molecule has 1 heterocycles. The van der Waals surface area contributed by atoms with Crippen molar-refractivity contribution in [1.82, 2.24) is 4.90 Å². The van der Waals surface area contributed by atoms with Crippen molar-refractivity contribution in [2.45, 2.75) is 29.5 Å². The number of carbonyl (C=O) groups is 3. The maximum absolute atomic E-state index is 12.9. The summed E-state index contributed by atoms with van der Waals surface area (Å²) in [6.45, 7) is 2.15. The van der Waals surface area contributed by atoms with Crippen LogP contribution in [0.25, 0.3) is 0 Å². The summed E-state index contributed by atoms with van der Waals surface area (Å²) < 4.78 is 0. The predicted molar refractivity (Wildman–Crippen MR) is 123 cm³/mol. The van der Waals surface area contributed by atoms with Gasteiger partial charge in [0.2, 0.25) is 11.0 Å². The molecule has 0 aliphatic carbocycles. The number of amides is 1. The molecule has 2 aromatic carbocycles. The van der Waals surface area contributed by atoms with Crippen LogP contribution in [-0.2, 0) is 9.59 Å². The number of rotatable bonds is 7. The molecule has 0 spiro atoms. The fourth-order valence-electron chi connectivity index (χ4n) is 3.26. The van der Waals surface area contributed by atoms with Gasteiger partial charge in [-0.05, 0) is 18.6 Å². The summed E-state index contributed by atoms with van der Waals surface area (Å²) in [5.74, 6) is -1.29. The average molecular weight is 454 g/mol. The van der Waals surface area contributed by atoms with Crippen LogP contribution in [0.1, 0.15) is 23.7 Å². The molecular weight excluding hydrogens is 429 g/mol. The second kappa shape index (κ2) is 12.0. The second-order valence-corrected chi connectivity index (χ2v) is 9.37. The number of benzene rings is 2. The third-order valence-corrected chi connectivity index (χ3v) is 7.16. The van der Waals surface area contributed by atoms with Crippen molar-refractivity contribution in [3.05, 3.63) is 66.2 Å². The molecule has 1 aliphatic rings. The van der Waals surface area contributed by atoms with Crippen molar-refractivity contribution < 1.29 is 19.5 Å². The summed E-state index contributed by atoms with van der Waals surface area (Å²) in [6, 6.07) is 17.9. The van der Waals surface area contributed by atoms with Gasteiger partial charge in [0.15, 0.2) is 0 Å². The molecule has 3 atom stereocenters. The zero-order valence-corrected chi connectivity index (χ0v) is 17.7. The number of nitrogens with zero attached hydrogens (tertiary/aromatic N) is 1. The SMILES string of the molecule is C[C@H](CSC(=O)c1ccccc1)C(=O)N1C[C@@H](Sc2ccccc2)C[C@H]1C(=O)O.[NaH]. The van der Waals surface area contributed by atoms with Gasteiger partial charge in [-0.25, -0.2) is 4.79 Å². The predicted octanol–water partition coefficient (Wildman–Crippen LogP) is 3.39. The molecule has 0 saturated carbocycles. The van der Waals surface area contributed by atoms with Crippen LogP contribution in [0.5, 0.6) is 0 Å². The van der Waals surface area contributed by atoms with Gasteiger partial charge < -0.3 is 10.0 Å². The molecule has 1 amide bonds. The molecule has 30 heavy (non-hydrogen) atoms. The van der Waals surface area contributed by atoms with Crippen LogP contribution in [0.15, 0.2) is 65.6 Å². The first-order valence-corrected chi connectivity index (χ1v) is 11.3. The van der Waals surface area contributed by atoms with Gasteiger partial charge in [-0.1, -0.05) is 67.2 Å². The molecule has 1 N–H and O–H groups in total. The zero-order chi connectivity index (χ0) is 20.8. The molecule has 0 radical (unpaired) electrons. The molecule has 3 rings (SSSR count). The molecule has 5 nitrogen and oxygen atoms in total.